The van der Waals surface area contributed by atoms with Gasteiger partial charge in [0.1, 0.15) is 0 Å². The van der Waals surface area contributed by atoms with Crippen LogP contribution in [0, 0.1) is 0 Å². The molecule has 0 radical (unpaired) electrons. The molecule has 1 unspecified atom stereocenters. The van der Waals surface area contributed by atoms with Crippen LogP contribution in [0.1, 0.15) is 47.4 Å². The third-order valence-corrected chi connectivity index (χ3v) is 5.35. The number of rotatable bonds is 3. The Morgan fingerprint density at radius 2 is 2.12 bits per heavy atom. The minimum atomic E-state index is 0.0211. The zero-order chi connectivity index (χ0) is 17.4. The minimum absolute atomic E-state index is 0.0211. The number of fused-ring (bicyclic) bond motifs is 2. The number of pyridine rings is 1. The summed E-state index contributed by atoms with van der Waals surface area (Å²) in [6.07, 6.45) is 4.80. The summed E-state index contributed by atoms with van der Waals surface area (Å²) in [4.78, 5) is 15.2. The van der Waals surface area contributed by atoms with Crippen molar-refractivity contribution in [3.05, 3.63) is 70.0 Å². The summed E-state index contributed by atoms with van der Waals surface area (Å²) < 4.78 is 2.70. The van der Waals surface area contributed by atoms with Gasteiger partial charge in [0.2, 0.25) is 0 Å². The van der Waals surface area contributed by atoms with Gasteiger partial charge < -0.3 is 4.90 Å². The van der Waals surface area contributed by atoms with Crippen LogP contribution < -0.4 is 0 Å². The number of carbonyl (C=O) groups is 1. The molecule has 5 heteroatoms. The molecule has 0 fully saturated rings. The number of nitrogens with zero attached hydrogens (tertiary/aromatic N) is 3. The molecule has 3 heterocycles. The monoisotopic (exact) mass is 397 g/mol. The first kappa shape index (κ1) is 16.3. The van der Waals surface area contributed by atoms with Crippen molar-refractivity contribution in [1.82, 2.24) is 14.5 Å². The maximum atomic E-state index is 13.2. The van der Waals surface area contributed by atoms with Crippen molar-refractivity contribution in [1.29, 1.82) is 0 Å². The van der Waals surface area contributed by atoms with Gasteiger partial charge in [0.25, 0.3) is 5.91 Å². The van der Waals surface area contributed by atoms with Crippen molar-refractivity contribution < 1.29 is 4.79 Å². The molecule has 1 aromatic carbocycles. The number of halogens is 1. The molecule has 0 N–H and O–H groups in total. The number of benzene rings is 1. The van der Waals surface area contributed by atoms with Gasteiger partial charge in [-0.3, -0.25) is 4.79 Å². The zero-order valence-corrected chi connectivity index (χ0v) is 15.7. The van der Waals surface area contributed by atoms with Crippen molar-refractivity contribution in [2.24, 2.45) is 0 Å². The lowest BCUT2D eigenvalue weighted by Gasteiger charge is -2.37. The number of hydrogen-bond donors (Lipinski definition) is 0. The molecule has 0 aliphatic carbocycles. The number of hydrogen-bond acceptors (Lipinski definition) is 2. The molecule has 128 valence electrons. The molecule has 0 spiro atoms. The Kier molecular flexibility index (Phi) is 4.34. The predicted octanol–water partition coefficient (Wildman–Crippen LogP) is 4.64. The van der Waals surface area contributed by atoms with Crippen LogP contribution in [-0.2, 0) is 6.42 Å². The molecule has 2 aromatic heterocycles. The largest absolute Gasteiger partial charge is 0.330 e. The van der Waals surface area contributed by atoms with Crippen molar-refractivity contribution >= 4 is 27.4 Å². The summed E-state index contributed by atoms with van der Waals surface area (Å²) in [5.41, 5.74) is 4.09. The standard InChI is InChI=1S/C20H20BrN3O/c1-2-5-19-17-7-4-3-6-14(17)10-11-23(19)20(25)18-12-16-9-8-15(21)13-24(16)22-18/h3-4,6-9,12-13,19H,2,5,10-11H2,1H3. The summed E-state index contributed by atoms with van der Waals surface area (Å²) >= 11 is 3.45. The first-order valence-corrected chi connectivity index (χ1v) is 9.50. The quantitative estimate of drug-likeness (QED) is 0.645. The normalized spacial score (nSPS) is 16.9. The second-order valence-electron chi connectivity index (χ2n) is 6.50. The molecular formula is C20H20BrN3O. The molecule has 1 aliphatic rings. The lowest BCUT2D eigenvalue weighted by atomic mass is 9.90. The fourth-order valence-electron chi connectivity index (χ4n) is 3.69. The second-order valence-corrected chi connectivity index (χ2v) is 7.41. The molecule has 1 aliphatic heterocycles. The van der Waals surface area contributed by atoms with Gasteiger partial charge in [-0.25, -0.2) is 4.52 Å². The predicted molar refractivity (Wildman–Crippen MR) is 102 cm³/mol. The van der Waals surface area contributed by atoms with E-state index in [1.54, 1.807) is 4.52 Å². The topological polar surface area (TPSA) is 37.6 Å². The zero-order valence-electron chi connectivity index (χ0n) is 14.2. The van der Waals surface area contributed by atoms with E-state index in [1.807, 2.05) is 29.3 Å². The number of carbonyl (C=O) groups excluding carboxylic acids is 1. The smallest absolute Gasteiger partial charge is 0.274 e. The van der Waals surface area contributed by atoms with Crippen LogP contribution in [-0.4, -0.2) is 27.0 Å². The van der Waals surface area contributed by atoms with Gasteiger partial charge in [0.05, 0.1) is 11.6 Å². The third kappa shape index (κ3) is 2.97. The molecule has 1 atom stereocenters. The molecule has 0 saturated carbocycles. The Hall–Kier alpha value is -2.14. The van der Waals surface area contributed by atoms with Crippen LogP contribution in [0.3, 0.4) is 0 Å². The lowest BCUT2D eigenvalue weighted by molar-refractivity contribution is 0.0643. The van der Waals surface area contributed by atoms with E-state index >= 15 is 0 Å². The summed E-state index contributed by atoms with van der Waals surface area (Å²) in [5.74, 6) is 0.0211. The van der Waals surface area contributed by atoms with Gasteiger partial charge in [-0.15, -0.1) is 0 Å². The van der Waals surface area contributed by atoms with E-state index in [-0.39, 0.29) is 11.9 Å². The first-order chi connectivity index (χ1) is 12.2. The number of amides is 1. The van der Waals surface area contributed by atoms with E-state index in [2.05, 4.69) is 52.2 Å². The van der Waals surface area contributed by atoms with Crippen LogP contribution in [0.5, 0.6) is 0 Å². The molecule has 0 bridgehead atoms. The van der Waals surface area contributed by atoms with Gasteiger partial charge >= 0.3 is 0 Å². The average Bonchev–Trinajstić information content (AvgIpc) is 3.05. The molecular weight excluding hydrogens is 378 g/mol. The second kappa shape index (κ2) is 6.64. The Balaban J connectivity index is 1.70. The van der Waals surface area contributed by atoms with E-state index in [9.17, 15) is 4.79 Å². The number of aromatic nitrogens is 2. The fraction of sp³-hybridized carbons (Fsp3) is 0.300. The van der Waals surface area contributed by atoms with Crippen molar-refractivity contribution in [3.63, 3.8) is 0 Å². The van der Waals surface area contributed by atoms with E-state index in [0.29, 0.717) is 5.69 Å². The molecule has 3 aromatic rings. The van der Waals surface area contributed by atoms with E-state index in [4.69, 9.17) is 0 Å². The Morgan fingerprint density at radius 3 is 2.96 bits per heavy atom. The first-order valence-electron chi connectivity index (χ1n) is 8.71. The van der Waals surface area contributed by atoms with E-state index < -0.39 is 0 Å². The highest BCUT2D eigenvalue weighted by atomic mass is 79.9. The summed E-state index contributed by atoms with van der Waals surface area (Å²) in [6, 6.07) is 14.4. The van der Waals surface area contributed by atoms with Crippen molar-refractivity contribution in [3.8, 4) is 0 Å². The highest BCUT2D eigenvalue weighted by molar-refractivity contribution is 9.10. The maximum absolute atomic E-state index is 13.2. The van der Waals surface area contributed by atoms with Crippen molar-refractivity contribution in [2.45, 2.75) is 32.2 Å². The minimum Gasteiger partial charge on any atom is -0.330 e. The molecule has 25 heavy (non-hydrogen) atoms. The van der Waals surface area contributed by atoms with Gasteiger partial charge in [-0.2, -0.15) is 5.10 Å². The molecule has 4 rings (SSSR count). The Morgan fingerprint density at radius 1 is 1.28 bits per heavy atom. The van der Waals surface area contributed by atoms with Gasteiger partial charge in [-0.05, 0) is 58.1 Å². The highest BCUT2D eigenvalue weighted by Crippen LogP contribution is 2.34. The molecule has 1 amide bonds. The van der Waals surface area contributed by atoms with Gasteiger partial charge in [0.15, 0.2) is 5.69 Å². The van der Waals surface area contributed by atoms with Crippen LogP contribution in [0.4, 0.5) is 0 Å². The Bertz CT molecular complexity index is 934. The molecule has 0 saturated heterocycles. The highest BCUT2D eigenvalue weighted by Gasteiger charge is 2.31. The SMILES string of the molecule is CCCC1c2ccccc2CCN1C(=O)c1cc2ccc(Br)cn2n1. The van der Waals surface area contributed by atoms with Crippen LogP contribution >= 0.6 is 15.9 Å². The van der Waals surface area contributed by atoms with Crippen LogP contribution in [0.25, 0.3) is 5.52 Å². The summed E-state index contributed by atoms with van der Waals surface area (Å²) in [6.45, 7) is 2.92. The van der Waals surface area contributed by atoms with Gasteiger partial charge in [0, 0.05) is 17.2 Å². The van der Waals surface area contributed by atoms with Crippen molar-refractivity contribution in [2.75, 3.05) is 6.54 Å². The van der Waals surface area contributed by atoms with E-state index in [1.165, 1.54) is 11.1 Å². The molecule has 4 nitrogen and oxygen atoms in total. The van der Waals surface area contributed by atoms with Crippen LogP contribution in [0.15, 0.2) is 53.1 Å². The lowest BCUT2D eigenvalue weighted by Crippen LogP contribution is -2.40. The summed E-state index contributed by atoms with van der Waals surface area (Å²) in [7, 11) is 0. The average molecular weight is 398 g/mol. The fourth-order valence-corrected chi connectivity index (χ4v) is 4.02. The Labute approximate surface area is 155 Å². The van der Waals surface area contributed by atoms with Gasteiger partial charge in [-0.1, -0.05) is 37.6 Å². The third-order valence-electron chi connectivity index (χ3n) is 4.88. The summed E-state index contributed by atoms with van der Waals surface area (Å²) in [5, 5.41) is 4.49. The van der Waals surface area contributed by atoms with Crippen LogP contribution in [0.2, 0.25) is 0 Å². The van der Waals surface area contributed by atoms with E-state index in [0.717, 1.165) is 35.8 Å². The maximum Gasteiger partial charge on any atom is 0.274 e.